The standard InChI is InChI=1S/C20H22N4O4S/c1-20(2,3)24-19(25)28-17-11-29-18(23-17)14-10-21-9-13(22-14)12-6-7-15(26-4)16(8-12)27-5/h6-11H,1-5H3,(H,24,25). The lowest BCUT2D eigenvalue weighted by Gasteiger charge is -2.19. The Balaban J connectivity index is 1.82. The van der Waals surface area contributed by atoms with Gasteiger partial charge in [-0.25, -0.2) is 9.78 Å². The number of ether oxygens (including phenoxy) is 3. The second kappa shape index (κ2) is 8.44. The van der Waals surface area contributed by atoms with Crippen LogP contribution in [0.1, 0.15) is 20.8 Å². The molecule has 0 saturated heterocycles. The van der Waals surface area contributed by atoms with Crippen LogP contribution in [-0.4, -0.2) is 40.8 Å². The van der Waals surface area contributed by atoms with E-state index in [1.165, 1.54) is 11.3 Å². The zero-order valence-electron chi connectivity index (χ0n) is 16.8. The van der Waals surface area contributed by atoms with E-state index in [4.69, 9.17) is 14.2 Å². The van der Waals surface area contributed by atoms with Gasteiger partial charge in [0, 0.05) is 11.1 Å². The van der Waals surface area contributed by atoms with Crippen LogP contribution in [0.3, 0.4) is 0 Å². The number of amides is 1. The zero-order chi connectivity index (χ0) is 21.0. The molecule has 9 heteroatoms. The zero-order valence-corrected chi connectivity index (χ0v) is 17.7. The Labute approximate surface area is 172 Å². The minimum Gasteiger partial charge on any atom is -0.493 e. The summed E-state index contributed by atoms with van der Waals surface area (Å²) < 4.78 is 15.9. The average Bonchev–Trinajstić information content (AvgIpc) is 3.14. The quantitative estimate of drug-likeness (QED) is 0.669. The van der Waals surface area contributed by atoms with Gasteiger partial charge in [0.15, 0.2) is 11.5 Å². The monoisotopic (exact) mass is 414 g/mol. The molecule has 0 fully saturated rings. The lowest BCUT2D eigenvalue weighted by atomic mass is 10.1. The minimum atomic E-state index is -0.556. The molecule has 8 nitrogen and oxygen atoms in total. The molecule has 0 atom stereocenters. The summed E-state index contributed by atoms with van der Waals surface area (Å²) in [5.74, 6) is 1.45. The Morgan fingerprint density at radius 1 is 1.03 bits per heavy atom. The number of aromatic nitrogens is 3. The van der Waals surface area contributed by atoms with E-state index in [9.17, 15) is 4.79 Å². The highest BCUT2D eigenvalue weighted by Crippen LogP contribution is 2.32. The third-order valence-electron chi connectivity index (χ3n) is 3.69. The molecule has 0 saturated carbocycles. The fourth-order valence-electron chi connectivity index (χ4n) is 2.45. The summed E-state index contributed by atoms with van der Waals surface area (Å²) in [5, 5.41) is 4.97. The van der Waals surface area contributed by atoms with Gasteiger partial charge in [-0.3, -0.25) is 4.98 Å². The maximum absolute atomic E-state index is 11.9. The van der Waals surface area contributed by atoms with Crippen molar-refractivity contribution in [1.82, 2.24) is 20.3 Å². The van der Waals surface area contributed by atoms with Crippen molar-refractivity contribution in [2.75, 3.05) is 14.2 Å². The highest BCUT2D eigenvalue weighted by atomic mass is 32.1. The van der Waals surface area contributed by atoms with Crippen LogP contribution in [0.15, 0.2) is 36.0 Å². The molecule has 1 amide bonds. The molecule has 3 rings (SSSR count). The highest BCUT2D eigenvalue weighted by Gasteiger charge is 2.17. The molecule has 3 aromatic rings. The number of carbonyl (C=O) groups is 1. The van der Waals surface area contributed by atoms with Crippen LogP contribution in [0, 0.1) is 0 Å². The second-order valence-corrected chi connectivity index (χ2v) is 7.97. The number of hydrogen-bond acceptors (Lipinski definition) is 8. The largest absolute Gasteiger partial charge is 0.493 e. The normalized spacial score (nSPS) is 11.1. The Hall–Kier alpha value is -3.20. The van der Waals surface area contributed by atoms with E-state index in [0.29, 0.717) is 27.9 Å². The third-order valence-corrected chi connectivity index (χ3v) is 4.53. The van der Waals surface area contributed by atoms with Crippen molar-refractivity contribution in [3.8, 4) is 39.3 Å². The van der Waals surface area contributed by atoms with Crippen LogP contribution in [-0.2, 0) is 0 Å². The van der Waals surface area contributed by atoms with Crippen LogP contribution in [0.5, 0.6) is 17.4 Å². The smallest absolute Gasteiger partial charge is 0.414 e. The maximum atomic E-state index is 11.9. The molecule has 1 N–H and O–H groups in total. The molecule has 0 radical (unpaired) electrons. The average molecular weight is 414 g/mol. The molecule has 0 bridgehead atoms. The first-order valence-corrected chi connectivity index (χ1v) is 9.67. The lowest BCUT2D eigenvalue weighted by molar-refractivity contribution is 0.189. The van der Waals surface area contributed by atoms with Crippen molar-refractivity contribution < 1.29 is 19.0 Å². The van der Waals surface area contributed by atoms with E-state index in [2.05, 4.69) is 20.3 Å². The van der Waals surface area contributed by atoms with Crippen LogP contribution in [0.4, 0.5) is 4.79 Å². The molecule has 1 aromatic carbocycles. The van der Waals surface area contributed by atoms with Crippen LogP contribution < -0.4 is 19.5 Å². The van der Waals surface area contributed by atoms with Gasteiger partial charge in [0.05, 0.1) is 37.7 Å². The fourth-order valence-corrected chi connectivity index (χ4v) is 3.13. The van der Waals surface area contributed by atoms with Gasteiger partial charge in [-0.15, -0.1) is 11.3 Å². The van der Waals surface area contributed by atoms with Crippen molar-refractivity contribution in [3.63, 3.8) is 0 Å². The van der Waals surface area contributed by atoms with Gasteiger partial charge in [0.1, 0.15) is 10.7 Å². The lowest BCUT2D eigenvalue weighted by Crippen LogP contribution is -2.42. The molecular weight excluding hydrogens is 392 g/mol. The number of nitrogens with one attached hydrogen (secondary N) is 1. The molecular formula is C20H22N4O4S. The van der Waals surface area contributed by atoms with Crippen LogP contribution in [0.25, 0.3) is 22.0 Å². The predicted octanol–water partition coefficient (Wildman–Crippen LogP) is 4.17. The molecule has 0 aliphatic heterocycles. The number of hydrogen-bond donors (Lipinski definition) is 1. The first-order chi connectivity index (χ1) is 13.8. The highest BCUT2D eigenvalue weighted by molar-refractivity contribution is 7.13. The summed E-state index contributed by atoms with van der Waals surface area (Å²) in [6.07, 6.45) is 2.72. The van der Waals surface area contributed by atoms with E-state index < -0.39 is 11.6 Å². The molecule has 0 unspecified atom stereocenters. The fraction of sp³-hybridized carbons (Fsp3) is 0.300. The van der Waals surface area contributed by atoms with Gasteiger partial charge in [0.2, 0.25) is 5.88 Å². The van der Waals surface area contributed by atoms with Crippen LogP contribution in [0.2, 0.25) is 0 Å². The van der Waals surface area contributed by atoms with Gasteiger partial charge in [-0.2, -0.15) is 4.98 Å². The van der Waals surface area contributed by atoms with Gasteiger partial charge >= 0.3 is 6.09 Å². The number of thiazole rings is 1. The number of benzene rings is 1. The second-order valence-electron chi connectivity index (χ2n) is 7.11. The topological polar surface area (TPSA) is 95.5 Å². The van der Waals surface area contributed by atoms with Crippen LogP contribution >= 0.6 is 11.3 Å². The summed E-state index contributed by atoms with van der Waals surface area (Å²) in [6.45, 7) is 5.61. The van der Waals surface area contributed by atoms with E-state index in [1.807, 2.05) is 39.0 Å². The Morgan fingerprint density at radius 2 is 1.76 bits per heavy atom. The van der Waals surface area contributed by atoms with E-state index >= 15 is 0 Å². The molecule has 152 valence electrons. The number of methoxy groups -OCH3 is 2. The van der Waals surface area contributed by atoms with E-state index in [0.717, 1.165) is 5.56 Å². The van der Waals surface area contributed by atoms with E-state index in [-0.39, 0.29) is 5.88 Å². The molecule has 0 aliphatic rings. The van der Waals surface area contributed by atoms with Crippen molar-refractivity contribution in [2.24, 2.45) is 0 Å². The molecule has 0 spiro atoms. The predicted molar refractivity (Wildman–Crippen MR) is 111 cm³/mol. The van der Waals surface area contributed by atoms with E-state index in [1.54, 1.807) is 32.0 Å². The summed E-state index contributed by atoms with van der Waals surface area (Å²) in [5.41, 5.74) is 1.67. The SMILES string of the molecule is COc1ccc(-c2cncc(-c3nc(OC(=O)NC(C)(C)C)cs3)n2)cc1OC. The Kier molecular flexibility index (Phi) is 5.97. The Bertz CT molecular complexity index is 1010. The van der Waals surface area contributed by atoms with Crippen molar-refractivity contribution in [1.29, 1.82) is 0 Å². The maximum Gasteiger partial charge on any atom is 0.414 e. The summed E-state index contributed by atoms with van der Waals surface area (Å²) in [6, 6.07) is 5.52. The molecule has 2 heterocycles. The van der Waals surface area contributed by atoms with Gasteiger partial charge in [-0.1, -0.05) is 0 Å². The first kappa shape index (κ1) is 20.5. The number of nitrogens with zero attached hydrogens (tertiary/aromatic N) is 3. The van der Waals surface area contributed by atoms with Crippen molar-refractivity contribution >= 4 is 17.4 Å². The molecule has 0 aliphatic carbocycles. The molecule has 2 aromatic heterocycles. The summed E-state index contributed by atoms with van der Waals surface area (Å²) >= 11 is 1.32. The minimum absolute atomic E-state index is 0.213. The van der Waals surface area contributed by atoms with Gasteiger partial charge < -0.3 is 19.5 Å². The van der Waals surface area contributed by atoms with Gasteiger partial charge in [0.25, 0.3) is 0 Å². The summed E-state index contributed by atoms with van der Waals surface area (Å²) in [4.78, 5) is 25.1. The third kappa shape index (κ3) is 5.20. The van der Waals surface area contributed by atoms with Gasteiger partial charge in [-0.05, 0) is 39.0 Å². The number of rotatable bonds is 5. The summed E-state index contributed by atoms with van der Waals surface area (Å²) in [7, 11) is 3.17. The Morgan fingerprint density at radius 3 is 2.45 bits per heavy atom. The first-order valence-electron chi connectivity index (χ1n) is 8.79. The number of carbonyl (C=O) groups excluding carboxylic acids is 1. The van der Waals surface area contributed by atoms with Crippen molar-refractivity contribution in [2.45, 2.75) is 26.3 Å². The van der Waals surface area contributed by atoms with Crippen molar-refractivity contribution in [3.05, 3.63) is 36.0 Å². The molecule has 29 heavy (non-hydrogen) atoms.